The minimum Gasteiger partial charge on any atom is -0.478 e. The molecule has 3 N–H and O–H groups in total. The highest BCUT2D eigenvalue weighted by Crippen LogP contribution is 2.45. The maximum Gasteiger partial charge on any atom is 0.328 e. The molecule has 3 atom stereocenters. The number of hydrogen-bond donors (Lipinski definition) is 3. The molecule has 0 bridgehead atoms. The van der Waals surface area contributed by atoms with Crippen molar-refractivity contribution in [3.63, 3.8) is 0 Å². The molecule has 3 aliphatic rings. The number of aliphatic carboxylic acids is 2. The van der Waals surface area contributed by atoms with Crippen molar-refractivity contribution in [3.05, 3.63) is 47.7 Å². The first-order chi connectivity index (χ1) is 18.7. The van der Waals surface area contributed by atoms with Gasteiger partial charge in [0.05, 0.1) is 5.92 Å². The van der Waals surface area contributed by atoms with E-state index in [9.17, 15) is 14.4 Å². The minimum absolute atomic E-state index is 0.103. The van der Waals surface area contributed by atoms with Crippen LogP contribution < -0.4 is 5.32 Å². The van der Waals surface area contributed by atoms with Gasteiger partial charge in [-0.3, -0.25) is 4.79 Å². The summed E-state index contributed by atoms with van der Waals surface area (Å²) >= 11 is 0. The molecule has 5 rings (SSSR count). The maximum atomic E-state index is 13.2. The Morgan fingerprint density at radius 2 is 1.72 bits per heavy atom. The van der Waals surface area contributed by atoms with Gasteiger partial charge in [0.2, 0.25) is 5.91 Å². The number of piperidine rings is 1. The van der Waals surface area contributed by atoms with Gasteiger partial charge in [0, 0.05) is 59.8 Å². The van der Waals surface area contributed by atoms with Crippen LogP contribution in [0, 0.1) is 5.92 Å². The number of likely N-dealkylation sites (tertiary alicyclic amines) is 1. The Morgan fingerprint density at radius 1 is 1.05 bits per heavy atom. The number of aromatic nitrogens is 1. The standard InChI is InChI=1S/C27H39N3O.C4H4O4/c1-4-21(5-2)30-17-18-15-25-23(22-12-9-13-24(30)26(18)22)14-19(16-29(25)3)27(31)28-20-10-7-6-8-11-20;5-3(6)1-2-4(7)8/h9,12-13,17,19-21,23,25H,4-8,10-11,14-16H2,1-3H3,(H,28,31);1-2H,(H,5,6)(H,7,8)/b;2-1-/t19-,23-,25-;/m1./s1. The lowest BCUT2D eigenvalue weighted by Gasteiger charge is -2.45. The van der Waals surface area contributed by atoms with E-state index in [0.717, 1.165) is 32.2 Å². The normalized spacial score (nSPS) is 23.3. The lowest BCUT2D eigenvalue weighted by molar-refractivity contribution is -0.134. The van der Waals surface area contributed by atoms with E-state index in [1.165, 1.54) is 54.1 Å². The second-order valence-electron chi connectivity index (χ2n) is 11.4. The highest BCUT2D eigenvalue weighted by Gasteiger charge is 2.42. The first-order valence-electron chi connectivity index (χ1n) is 14.5. The van der Waals surface area contributed by atoms with E-state index in [1.54, 1.807) is 0 Å². The van der Waals surface area contributed by atoms with Crippen LogP contribution in [0.3, 0.4) is 0 Å². The molecular weight excluding hydrogens is 494 g/mol. The third-order valence-electron chi connectivity index (χ3n) is 8.90. The number of hydrogen-bond acceptors (Lipinski definition) is 4. The zero-order valence-electron chi connectivity index (χ0n) is 23.4. The van der Waals surface area contributed by atoms with Crippen LogP contribution >= 0.6 is 0 Å². The molecule has 2 fully saturated rings. The summed E-state index contributed by atoms with van der Waals surface area (Å²) in [6, 6.07) is 8.37. The number of amides is 1. The smallest absolute Gasteiger partial charge is 0.328 e. The molecule has 1 saturated carbocycles. The lowest BCUT2D eigenvalue weighted by atomic mass is 9.72. The molecule has 212 valence electrons. The van der Waals surface area contributed by atoms with Gasteiger partial charge >= 0.3 is 11.9 Å². The third-order valence-corrected chi connectivity index (χ3v) is 8.90. The third kappa shape index (κ3) is 6.55. The van der Waals surface area contributed by atoms with E-state index in [1.807, 2.05) is 0 Å². The Hall–Kier alpha value is -3.13. The van der Waals surface area contributed by atoms with Gasteiger partial charge in [-0.05, 0) is 62.8 Å². The molecule has 1 saturated heterocycles. The van der Waals surface area contributed by atoms with Gasteiger partial charge in [-0.1, -0.05) is 45.2 Å². The van der Waals surface area contributed by atoms with Crippen molar-refractivity contribution in [1.29, 1.82) is 0 Å². The minimum atomic E-state index is -1.26. The number of carboxylic acids is 2. The summed E-state index contributed by atoms with van der Waals surface area (Å²) in [4.78, 5) is 34.8. The molecule has 1 aliphatic heterocycles. The first-order valence-corrected chi connectivity index (χ1v) is 14.5. The number of likely N-dealkylation sites (N-methyl/N-ethyl adjacent to an activating group) is 1. The van der Waals surface area contributed by atoms with E-state index in [2.05, 4.69) is 60.1 Å². The fourth-order valence-electron chi connectivity index (χ4n) is 6.96. The summed E-state index contributed by atoms with van der Waals surface area (Å²) in [5.74, 6) is -1.66. The SMILES string of the molecule is CCC(CC)n1cc2c3c(cccc31)[C@H]1C[C@@H](C(=O)NC3CCCCC3)CN(C)[C@@H]1C2.O=C(O)/C=C\C(=O)O. The highest BCUT2D eigenvalue weighted by molar-refractivity contribution is 5.90. The van der Waals surface area contributed by atoms with E-state index in [4.69, 9.17) is 10.2 Å². The van der Waals surface area contributed by atoms with Crippen LogP contribution in [-0.4, -0.2) is 63.2 Å². The molecule has 8 nitrogen and oxygen atoms in total. The maximum absolute atomic E-state index is 13.2. The molecule has 1 amide bonds. The summed E-state index contributed by atoms with van der Waals surface area (Å²) in [5, 5.41) is 20.5. The summed E-state index contributed by atoms with van der Waals surface area (Å²) in [5.41, 5.74) is 4.39. The van der Waals surface area contributed by atoms with Crippen molar-refractivity contribution in [3.8, 4) is 0 Å². The summed E-state index contributed by atoms with van der Waals surface area (Å²) in [7, 11) is 2.24. The molecule has 1 aromatic carbocycles. The quantitative estimate of drug-likeness (QED) is 0.423. The van der Waals surface area contributed by atoms with Crippen molar-refractivity contribution >= 4 is 28.7 Å². The van der Waals surface area contributed by atoms with Crippen molar-refractivity contribution in [2.75, 3.05) is 13.6 Å². The van der Waals surface area contributed by atoms with Crippen molar-refractivity contribution < 1.29 is 24.6 Å². The van der Waals surface area contributed by atoms with Gasteiger partial charge in [-0.15, -0.1) is 0 Å². The summed E-state index contributed by atoms with van der Waals surface area (Å²) in [6.45, 7) is 5.48. The largest absolute Gasteiger partial charge is 0.478 e. The van der Waals surface area contributed by atoms with Gasteiger partial charge in [0.25, 0.3) is 0 Å². The molecule has 1 aromatic heterocycles. The van der Waals surface area contributed by atoms with E-state index < -0.39 is 11.9 Å². The molecule has 39 heavy (non-hydrogen) atoms. The van der Waals surface area contributed by atoms with Crippen LogP contribution in [0.25, 0.3) is 10.9 Å². The molecule has 0 spiro atoms. The zero-order chi connectivity index (χ0) is 28.1. The lowest BCUT2D eigenvalue weighted by Crippen LogP contribution is -2.52. The number of rotatable bonds is 7. The Labute approximate surface area is 231 Å². The van der Waals surface area contributed by atoms with Crippen LogP contribution in [0.2, 0.25) is 0 Å². The van der Waals surface area contributed by atoms with Crippen molar-refractivity contribution in [2.24, 2.45) is 5.92 Å². The van der Waals surface area contributed by atoms with Crippen LogP contribution in [-0.2, 0) is 20.8 Å². The van der Waals surface area contributed by atoms with Crippen LogP contribution in [0.1, 0.15) is 88.3 Å². The average molecular weight is 538 g/mol. The monoisotopic (exact) mass is 537 g/mol. The Kier molecular flexibility index (Phi) is 9.49. The van der Waals surface area contributed by atoms with Gasteiger partial charge in [-0.25, -0.2) is 9.59 Å². The van der Waals surface area contributed by atoms with Gasteiger partial charge in [-0.2, -0.15) is 0 Å². The molecule has 2 aromatic rings. The zero-order valence-corrected chi connectivity index (χ0v) is 23.4. The molecule has 0 unspecified atom stereocenters. The Bertz CT molecular complexity index is 1190. The van der Waals surface area contributed by atoms with Crippen LogP contribution in [0.15, 0.2) is 36.5 Å². The fraction of sp³-hybridized carbons (Fsp3) is 0.581. The number of carbonyl (C=O) groups is 3. The topological polar surface area (TPSA) is 112 Å². The number of nitrogens with one attached hydrogen (secondary N) is 1. The number of carbonyl (C=O) groups excluding carboxylic acids is 1. The fourth-order valence-corrected chi connectivity index (χ4v) is 6.96. The predicted octanol–water partition coefficient (Wildman–Crippen LogP) is 5.12. The van der Waals surface area contributed by atoms with E-state index in [0.29, 0.717) is 42.1 Å². The van der Waals surface area contributed by atoms with Crippen LogP contribution in [0.5, 0.6) is 0 Å². The summed E-state index contributed by atoms with van der Waals surface area (Å²) < 4.78 is 2.54. The van der Waals surface area contributed by atoms with Gasteiger partial charge in [0.1, 0.15) is 0 Å². The van der Waals surface area contributed by atoms with Gasteiger partial charge < -0.3 is 25.0 Å². The van der Waals surface area contributed by atoms with E-state index in [-0.39, 0.29) is 5.92 Å². The second-order valence-corrected chi connectivity index (χ2v) is 11.4. The predicted molar refractivity (Wildman–Crippen MR) is 152 cm³/mol. The number of fused-ring (bicyclic) bond motifs is 2. The number of benzene rings is 1. The first kappa shape index (κ1) is 28.9. The molecule has 0 radical (unpaired) electrons. The van der Waals surface area contributed by atoms with Crippen LogP contribution in [0.4, 0.5) is 0 Å². The van der Waals surface area contributed by atoms with Crippen molar-refractivity contribution in [2.45, 2.75) is 95.7 Å². The Morgan fingerprint density at radius 3 is 2.33 bits per heavy atom. The molecular formula is C31H43N3O5. The Balaban J connectivity index is 0.000000386. The number of nitrogens with zero attached hydrogens (tertiary/aromatic N) is 2. The molecule has 2 heterocycles. The number of carboxylic acid groups (broad SMARTS) is 2. The molecule has 2 aliphatic carbocycles. The molecule has 8 heteroatoms. The van der Waals surface area contributed by atoms with E-state index >= 15 is 0 Å². The van der Waals surface area contributed by atoms with Crippen molar-refractivity contribution in [1.82, 2.24) is 14.8 Å². The van der Waals surface area contributed by atoms with Gasteiger partial charge in [0.15, 0.2) is 0 Å². The highest BCUT2D eigenvalue weighted by atomic mass is 16.4. The summed E-state index contributed by atoms with van der Waals surface area (Å²) in [6.07, 6.45) is 14.2. The average Bonchev–Trinajstić information content (AvgIpc) is 3.29. The second kappa shape index (κ2) is 12.8.